The monoisotopic (exact) mass is 312 g/mol. The Morgan fingerprint density at radius 2 is 1.87 bits per heavy atom. The van der Waals surface area contributed by atoms with Gasteiger partial charge in [-0.2, -0.15) is 0 Å². The standard InChI is InChI=1S/C18H20N2O3/c21-18(19-14-7-2-1-3-8-14)20-16-10-4-5-11-17(16)23-13-15-9-6-12-22-15/h1-5,7-8,10-11,15H,6,9,12-13H2,(H2,19,20,21)/t15-/m0/s1. The summed E-state index contributed by atoms with van der Waals surface area (Å²) in [6, 6.07) is 16.4. The van der Waals surface area contributed by atoms with Crippen molar-refractivity contribution in [2.45, 2.75) is 18.9 Å². The maximum Gasteiger partial charge on any atom is 0.323 e. The molecule has 2 N–H and O–H groups in total. The summed E-state index contributed by atoms with van der Waals surface area (Å²) in [5.41, 5.74) is 1.38. The first-order chi connectivity index (χ1) is 11.3. The molecule has 0 spiro atoms. The highest BCUT2D eigenvalue weighted by atomic mass is 16.5. The molecular formula is C18H20N2O3. The van der Waals surface area contributed by atoms with Crippen molar-refractivity contribution < 1.29 is 14.3 Å². The van der Waals surface area contributed by atoms with Crippen LogP contribution in [0.15, 0.2) is 54.6 Å². The van der Waals surface area contributed by atoms with Crippen molar-refractivity contribution in [2.75, 3.05) is 23.8 Å². The molecular weight excluding hydrogens is 292 g/mol. The van der Waals surface area contributed by atoms with Gasteiger partial charge in [-0.1, -0.05) is 30.3 Å². The summed E-state index contributed by atoms with van der Waals surface area (Å²) in [4.78, 5) is 12.1. The van der Waals surface area contributed by atoms with Crippen LogP contribution in [0.3, 0.4) is 0 Å². The topological polar surface area (TPSA) is 59.6 Å². The number of amides is 2. The Balaban J connectivity index is 1.59. The van der Waals surface area contributed by atoms with Crippen molar-refractivity contribution in [1.29, 1.82) is 0 Å². The van der Waals surface area contributed by atoms with Crippen LogP contribution in [0.4, 0.5) is 16.2 Å². The van der Waals surface area contributed by atoms with Crippen LogP contribution in [-0.4, -0.2) is 25.3 Å². The molecule has 5 heteroatoms. The van der Waals surface area contributed by atoms with Crippen LogP contribution in [0.2, 0.25) is 0 Å². The molecule has 1 fully saturated rings. The summed E-state index contributed by atoms with van der Waals surface area (Å²) < 4.78 is 11.4. The van der Waals surface area contributed by atoms with Crippen LogP contribution in [0.5, 0.6) is 5.75 Å². The molecule has 120 valence electrons. The van der Waals surface area contributed by atoms with E-state index in [1.807, 2.05) is 54.6 Å². The number of urea groups is 1. The molecule has 1 aliphatic rings. The van der Waals surface area contributed by atoms with Gasteiger partial charge in [-0.25, -0.2) is 4.79 Å². The third-order valence-electron chi connectivity index (χ3n) is 3.62. The number of carbonyl (C=O) groups is 1. The quantitative estimate of drug-likeness (QED) is 0.880. The molecule has 0 aromatic heterocycles. The molecule has 23 heavy (non-hydrogen) atoms. The second-order valence-corrected chi connectivity index (χ2v) is 5.39. The smallest absolute Gasteiger partial charge is 0.323 e. The first kappa shape index (κ1) is 15.4. The van der Waals surface area contributed by atoms with Crippen molar-refractivity contribution in [1.82, 2.24) is 0 Å². The van der Waals surface area contributed by atoms with Gasteiger partial charge >= 0.3 is 6.03 Å². The summed E-state index contributed by atoms with van der Waals surface area (Å²) in [5, 5.41) is 5.60. The molecule has 1 aliphatic heterocycles. The van der Waals surface area contributed by atoms with Gasteiger partial charge in [0.15, 0.2) is 0 Å². The van der Waals surface area contributed by atoms with Gasteiger partial charge < -0.3 is 20.1 Å². The van der Waals surface area contributed by atoms with Gasteiger partial charge in [-0.3, -0.25) is 0 Å². The molecule has 3 rings (SSSR count). The van der Waals surface area contributed by atoms with Crippen molar-refractivity contribution >= 4 is 17.4 Å². The van der Waals surface area contributed by atoms with E-state index in [0.29, 0.717) is 18.0 Å². The Bertz CT molecular complexity index is 640. The first-order valence-corrected chi connectivity index (χ1v) is 7.78. The maximum absolute atomic E-state index is 12.1. The van der Waals surface area contributed by atoms with E-state index in [-0.39, 0.29) is 12.1 Å². The van der Waals surface area contributed by atoms with E-state index < -0.39 is 0 Å². The molecule has 5 nitrogen and oxygen atoms in total. The van der Waals surface area contributed by atoms with E-state index >= 15 is 0 Å². The Labute approximate surface area is 135 Å². The third kappa shape index (κ3) is 4.47. The lowest BCUT2D eigenvalue weighted by molar-refractivity contribution is 0.0682. The zero-order valence-corrected chi connectivity index (χ0v) is 12.8. The molecule has 2 amide bonds. The Morgan fingerprint density at radius 1 is 1.09 bits per heavy atom. The van der Waals surface area contributed by atoms with E-state index in [0.717, 1.165) is 25.1 Å². The highest BCUT2D eigenvalue weighted by molar-refractivity contribution is 6.00. The number of ether oxygens (including phenoxy) is 2. The zero-order chi connectivity index (χ0) is 15.9. The first-order valence-electron chi connectivity index (χ1n) is 7.78. The lowest BCUT2D eigenvalue weighted by Gasteiger charge is -2.15. The maximum atomic E-state index is 12.1. The van der Waals surface area contributed by atoms with Gasteiger partial charge in [0, 0.05) is 12.3 Å². The normalized spacial score (nSPS) is 16.8. The molecule has 0 bridgehead atoms. The van der Waals surface area contributed by atoms with Crippen LogP contribution in [0.25, 0.3) is 0 Å². The van der Waals surface area contributed by atoms with Crippen molar-refractivity contribution in [3.8, 4) is 5.75 Å². The molecule has 0 radical (unpaired) electrons. The van der Waals surface area contributed by atoms with Crippen molar-refractivity contribution in [3.63, 3.8) is 0 Å². The number of para-hydroxylation sites is 3. The minimum absolute atomic E-state index is 0.140. The second-order valence-electron chi connectivity index (χ2n) is 5.39. The van der Waals surface area contributed by atoms with Crippen LogP contribution in [0, 0.1) is 0 Å². The van der Waals surface area contributed by atoms with E-state index in [4.69, 9.17) is 9.47 Å². The van der Waals surface area contributed by atoms with E-state index in [1.54, 1.807) is 0 Å². The number of carbonyl (C=O) groups excluding carboxylic acids is 1. The molecule has 0 saturated carbocycles. The van der Waals surface area contributed by atoms with Gasteiger partial charge in [0.1, 0.15) is 12.4 Å². The van der Waals surface area contributed by atoms with Gasteiger partial charge in [-0.05, 0) is 37.1 Å². The SMILES string of the molecule is O=C(Nc1ccccc1)Nc1ccccc1OC[C@@H]1CCCO1. The lowest BCUT2D eigenvalue weighted by atomic mass is 10.2. The van der Waals surface area contributed by atoms with E-state index in [1.165, 1.54) is 0 Å². The molecule has 0 aliphatic carbocycles. The predicted molar refractivity (Wildman–Crippen MR) is 90.0 cm³/mol. The molecule has 1 heterocycles. The van der Waals surface area contributed by atoms with Crippen LogP contribution < -0.4 is 15.4 Å². The van der Waals surface area contributed by atoms with Crippen molar-refractivity contribution in [3.05, 3.63) is 54.6 Å². The molecule has 1 saturated heterocycles. The van der Waals surface area contributed by atoms with Gasteiger partial charge in [-0.15, -0.1) is 0 Å². The largest absolute Gasteiger partial charge is 0.489 e. The number of hydrogen-bond donors (Lipinski definition) is 2. The molecule has 2 aromatic carbocycles. The van der Waals surface area contributed by atoms with Gasteiger partial charge in [0.2, 0.25) is 0 Å². The number of rotatable bonds is 5. The summed E-state index contributed by atoms with van der Waals surface area (Å²) in [7, 11) is 0. The second kappa shape index (κ2) is 7.65. The molecule has 1 atom stereocenters. The zero-order valence-electron chi connectivity index (χ0n) is 12.8. The van der Waals surface area contributed by atoms with E-state index in [9.17, 15) is 4.79 Å². The highest BCUT2D eigenvalue weighted by Crippen LogP contribution is 2.25. The Kier molecular flexibility index (Phi) is 5.11. The summed E-state index contributed by atoms with van der Waals surface area (Å²) >= 11 is 0. The number of benzene rings is 2. The van der Waals surface area contributed by atoms with E-state index in [2.05, 4.69) is 10.6 Å². The summed E-state index contributed by atoms with van der Waals surface area (Å²) in [6.45, 7) is 1.30. The lowest BCUT2D eigenvalue weighted by Crippen LogP contribution is -2.21. The third-order valence-corrected chi connectivity index (χ3v) is 3.62. The van der Waals surface area contributed by atoms with Crippen molar-refractivity contribution in [2.24, 2.45) is 0 Å². The summed E-state index contributed by atoms with van der Waals surface area (Å²) in [6.07, 6.45) is 2.23. The minimum atomic E-state index is -0.302. The predicted octanol–water partition coefficient (Wildman–Crippen LogP) is 3.89. The van der Waals surface area contributed by atoms with Crippen LogP contribution in [-0.2, 0) is 4.74 Å². The molecule has 0 unspecified atom stereocenters. The van der Waals surface area contributed by atoms with Crippen LogP contribution in [0.1, 0.15) is 12.8 Å². The average molecular weight is 312 g/mol. The number of nitrogens with one attached hydrogen (secondary N) is 2. The highest BCUT2D eigenvalue weighted by Gasteiger charge is 2.17. The Hall–Kier alpha value is -2.53. The molecule has 2 aromatic rings. The fourth-order valence-electron chi connectivity index (χ4n) is 2.46. The van der Waals surface area contributed by atoms with Crippen LogP contribution >= 0.6 is 0 Å². The fraction of sp³-hybridized carbons (Fsp3) is 0.278. The Morgan fingerprint density at radius 3 is 2.65 bits per heavy atom. The van der Waals surface area contributed by atoms with Gasteiger partial charge in [0.05, 0.1) is 11.8 Å². The average Bonchev–Trinajstić information content (AvgIpc) is 3.08. The minimum Gasteiger partial charge on any atom is -0.489 e. The summed E-state index contributed by atoms with van der Waals surface area (Å²) in [5.74, 6) is 0.645. The van der Waals surface area contributed by atoms with Gasteiger partial charge in [0.25, 0.3) is 0 Å². The fourth-order valence-corrected chi connectivity index (χ4v) is 2.46. The number of hydrogen-bond acceptors (Lipinski definition) is 3. The number of anilines is 2.